The van der Waals surface area contributed by atoms with Crippen LogP contribution in [0.1, 0.15) is 18.7 Å². The largest absolute Gasteiger partial charge is 0.493 e. The molecule has 2 heterocycles. The summed E-state index contributed by atoms with van der Waals surface area (Å²) in [6.07, 6.45) is 1.77. The first-order valence-electron chi connectivity index (χ1n) is 10.4. The molecular weight excluding hydrogens is 476 g/mol. The van der Waals surface area contributed by atoms with Gasteiger partial charge in [-0.2, -0.15) is 4.98 Å². The Morgan fingerprint density at radius 1 is 1.19 bits per heavy atom. The summed E-state index contributed by atoms with van der Waals surface area (Å²) in [5.41, 5.74) is 1.58. The number of nitrogens with one attached hydrogen (secondary N) is 1. The lowest BCUT2D eigenvalue weighted by Crippen LogP contribution is -2.40. The Morgan fingerprint density at radius 2 is 1.97 bits per heavy atom. The lowest BCUT2D eigenvalue weighted by atomic mass is 9.97. The summed E-state index contributed by atoms with van der Waals surface area (Å²) in [6, 6.07) is 13.1. The fourth-order valence-electron chi connectivity index (χ4n) is 3.80. The van der Waals surface area contributed by atoms with Gasteiger partial charge in [-0.1, -0.05) is 21.1 Å². The molecule has 2 aromatic carbocycles. The minimum Gasteiger partial charge on any atom is -0.493 e. The van der Waals surface area contributed by atoms with Crippen LogP contribution in [0.3, 0.4) is 0 Å². The standard InChI is InChI=1S/C23H25BrN4O4/c1-30-19-10-9-18(12-20(19)31-2)25-23(29)16-4-3-11-28(13-16)14-21-26-22(27-32-21)15-5-7-17(24)8-6-15/h5-10,12,16H,3-4,11,13-14H2,1-2H3,(H,25,29). The molecule has 3 aromatic rings. The molecule has 4 rings (SSSR count). The zero-order valence-corrected chi connectivity index (χ0v) is 19.6. The van der Waals surface area contributed by atoms with Crippen molar-refractivity contribution in [1.82, 2.24) is 15.0 Å². The summed E-state index contributed by atoms with van der Waals surface area (Å²) < 4.78 is 17.0. The smallest absolute Gasteiger partial charge is 0.241 e. The SMILES string of the molecule is COc1ccc(NC(=O)C2CCCN(Cc3nc(-c4ccc(Br)cc4)no3)C2)cc1OC. The van der Waals surface area contributed by atoms with E-state index in [1.807, 2.05) is 30.3 Å². The average molecular weight is 501 g/mol. The quantitative estimate of drug-likeness (QED) is 0.515. The summed E-state index contributed by atoms with van der Waals surface area (Å²) in [7, 11) is 3.15. The molecule has 1 unspecified atom stereocenters. The second-order valence-corrected chi connectivity index (χ2v) is 8.57. The Bertz CT molecular complexity index is 1070. The number of carbonyl (C=O) groups excluding carboxylic acids is 1. The first-order valence-corrected chi connectivity index (χ1v) is 11.2. The van der Waals surface area contributed by atoms with Crippen molar-refractivity contribution in [3.05, 3.63) is 52.8 Å². The molecular formula is C23H25BrN4O4. The lowest BCUT2D eigenvalue weighted by Gasteiger charge is -2.30. The van der Waals surface area contributed by atoms with Crippen molar-refractivity contribution >= 4 is 27.5 Å². The Hall–Kier alpha value is -2.91. The topological polar surface area (TPSA) is 89.7 Å². The maximum Gasteiger partial charge on any atom is 0.241 e. The zero-order chi connectivity index (χ0) is 22.5. The van der Waals surface area contributed by atoms with Crippen molar-refractivity contribution in [2.45, 2.75) is 19.4 Å². The minimum atomic E-state index is -0.120. The van der Waals surface area contributed by atoms with Crippen LogP contribution in [0.25, 0.3) is 11.4 Å². The van der Waals surface area contributed by atoms with Gasteiger partial charge in [-0.25, -0.2) is 0 Å². The van der Waals surface area contributed by atoms with Gasteiger partial charge in [0.15, 0.2) is 11.5 Å². The van der Waals surface area contributed by atoms with Crippen LogP contribution >= 0.6 is 15.9 Å². The van der Waals surface area contributed by atoms with E-state index < -0.39 is 0 Å². The number of hydrogen-bond donors (Lipinski definition) is 1. The molecule has 1 fully saturated rings. The first-order chi connectivity index (χ1) is 15.6. The molecule has 168 valence electrons. The van der Waals surface area contributed by atoms with Crippen molar-refractivity contribution < 1.29 is 18.8 Å². The van der Waals surface area contributed by atoms with Gasteiger partial charge in [0.05, 0.1) is 26.7 Å². The van der Waals surface area contributed by atoms with E-state index in [0.29, 0.717) is 42.0 Å². The molecule has 1 aliphatic rings. The summed E-state index contributed by atoms with van der Waals surface area (Å²) in [5.74, 6) is 2.18. The van der Waals surface area contributed by atoms with Crippen molar-refractivity contribution in [3.8, 4) is 22.9 Å². The van der Waals surface area contributed by atoms with Gasteiger partial charge in [0.25, 0.3) is 0 Å². The van der Waals surface area contributed by atoms with Crippen LogP contribution in [0.4, 0.5) is 5.69 Å². The first kappa shape index (κ1) is 22.3. The summed E-state index contributed by atoms with van der Waals surface area (Å²) in [6.45, 7) is 2.04. The van der Waals surface area contributed by atoms with Gasteiger partial charge in [-0.05, 0) is 55.8 Å². The van der Waals surface area contributed by atoms with Crippen LogP contribution in [-0.4, -0.2) is 48.3 Å². The highest BCUT2D eigenvalue weighted by Gasteiger charge is 2.27. The van der Waals surface area contributed by atoms with Crippen LogP contribution in [-0.2, 0) is 11.3 Å². The fraction of sp³-hybridized carbons (Fsp3) is 0.348. The number of anilines is 1. The predicted octanol–water partition coefficient (Wildman–Crippen LogP) is 4.37. The Kier molecular flexibility index (Phi) is 7.06. The highest BCUT2D eigenvalue weighted by Crippen LogP contribution is 2.30. The van der Waals surface area contributed by atoms with E-state index in [9.17, 15) is 4.79 Å². The molecule has 1 atom stereocenters. The minimum absolute atomic E-state index is 0.0111. The molecule has 1 N–H and O–H groups in total. The number of carbonyl (C=O) groups is 1. The molecule has 0 aliphatic carbocycles. The molecule has 1 aromatic heterocycles. The Balaban J connectivity index is 1.36. The second kappa shape index (κ2) is 10.1. The van der Waals surface area contributed by atoms with Gasteiger partial charge in [0.1, 0.15) is 0 Å². The number of likely N-dealkylation sites (tertiary alicyclic amines) is 1. The Morgan fingerprint density at radius 3 is 2.72 bits per heavy atom. The van der Waals surface area contributed by atoms with Crippen LogP contribution in [0.2, 0.25) is 0 Å². The number of benzene rings is 2. The van der Waals surface area contributed by atoms with E-state index in [1.165, 1.54) is 0 Å². The third-order valence-corrected chi connectivity index (χ3v) is 5.99. The fourth-order valence-corrected chi connectivity index (χ4v) is 4.06. The average Bonchev–Trinajstić information content (AvgIpc) is 3.28. The van der Waals surface area contributed by atoms with Gasteiger partial charge in [0.2, 0.25) is 17.6 Å². The number of methoxy groups -OCH3 is 2. The lowest BCUT2D eigenvalue weighted by molar-refractivity contribution is -0.121. The number of hydrogen-bond acceptors (Lipinski definition) is 7. The monoisotopic (exact) mass is 500 g/mol. The van der Waals surface area contributed by atoms with Crippen LogP contribution in [0.15, 0.2) is 51.5 Å². The maximum atomic E-state index is 12.9. The van der Waals surface area contributed by atoms with Gasteiger partial charge >= 0.3 is 0 Å². The number of aromatic nitrogens is 2. The molecule has 0 spiro atoms. The summed E-state index contributed by atoms with van der Waals surface area (Å²) in [4.78, 5) is 19.6. The maximum absolute atomic E-state index is 12.9. The van der Waals surface area contributed by atoms with Gasteiger partial charge in [0, 0.05) is 28.3 Å². The summed E-state index contributed by atoms with van der Waals surface area (Å²) in [5, 5.41) is 7.09. The number of ether oxygens (including phenoxy) is 2. The highest BCUT2D eigenvalue weighted by atomic mass is 79.9. The van der Waals surface area contributed by atoms with E-state index >= 15 is 0 Å². The van der Waals surface area contributed by atoms with Crippen molar-refractivity contribution in [2.24, 2.45) is 5.92 Å². The van der Waals surface area contributed by atoms with Crippen LogP contribution < -0.4 is 14.8 Å². The van der Waals surface area contributed by atoms with Gasteiger partial charge in [-0.3, -0.25) is 9.69 Å². The number of amides is 1. The molecule has 8 nitrogen and oxygen atoms in total. The van der Waals surface area contributed by atoms with Gasteiger partial charge in [-0.15, -0.1) is 0 Å². The third-order valence-electron chi connectivity index (χ3n) is 5.46. The number of rotatable bonds is 7. The van der Waals surface area contributed by atoms with Crippen LogP contribution in [0, 0.1) is 5.92 Å². The molecule has 0 bridgehead atoms. The number of halogens is 1. The van der Waals surface area contributed by atoms with E-state index in [4.69, 9.17) is 14.0 Å². The number of piperidine rings is 1. The predicted molar refractivity (Wildman–Crippen MR) is 124 cm³/mol. The van der Waals surface area contributed by atoms with Crippen molar-refractivity contribution in [1.29, 1.82) is 0 Å². The number of nitrogens with zero attached hydrogens (tertiary/aromatic N) is 3. The highest BCUT2D eigenvalue weighted by molar-refractivity contribution is 9.10. The molecule has 1 amide bonds. The van der Waals surface area contributed by atoms with E-state index in [-0.39, 0.29) is 11.8 Å². The molecule has 0 saturated carbocycles. The van der Waals surface area contributed by atoms with Crippen LogP contribution in [0.5, 0.6) is 11.5 Å². The second-order valence-electron chi connectivity index (χ2n) is 7.65. The van der Waals surface area contributed by atoms with Crippen molar-refractivity contribution in [2.75, 3.05) is 32.6 Å². The Labute approximate surface area is 195 Å². The molecule has 9 heteroatoms. The molecule has 1 aliphatic heterocycles. The normalized spacial score (nSPS) is 16.5. The van der Waals surface area contributed by atoms with Crippen molar-refractivity contribution in [3.63, 3.8) is 0 Å². The van der Waals surface area contributed by atoms with E-state index in [2.05, 4.69) is 36.3 Å². The molecule has 0 radical (unpaired) electrons. The van der Waals surface area contributed by atoms with Gasteiger partial charge < -0.3 is 19.3 Å². The van der Waals surface area contributed by atoms with E-state index in [1.54, 1.807) is 26.4 Å². The zero-order valence-electron chi connectivity index (χ0n) is 18.0. The molecule has 32 heavy (non-hydrogen) atoms. The summed E-state index contributed by atoms with van der Waals surface area (Å²) >= 11 is 3.43. The molecule has 1 saturated heterocycles. The third kappa shape index (κ3) is 5.28. The van der Waals surface area contributed by atoms with E-state index in [0.717, 1.165) is 29.4 Å².